The first kappa shape index (κ1) is 21.6. The van der Waals surface area contributed by atoms with E-state index >= 15 is 0 Å². The highest BCUT2D eigenvalue weighted by Crippen LogP contribution is 2.29. The van der Waals surface area contributed by atoms with Gasteiger partial charge in [-0.2, -0.15) is 0 Å². The lowest BCUT2D eigenvalue weighted by Gasteiger charge is -2.17. The minimum atomic E-state index is -0.367. The Hall–Kier alpha value is -2.13. The van der Waals surface area contributed by atoms with Gasteiger partial charge in [0.1, 0.15) is 0 Å². The maximum atomic E-state index is 12.2. The molecule has 0 atom stereocenters. The average molecular weight is 393 g/mol. The van der Waals surface area contributed by atoms with E-state index in [0.717, 1.165) is 17.6 Å². The Morgan fingerprint density at radius 1 is 0.862 bits per heavy atom. The third-order valence-corrected chi connectivity index (χ3v) is 6.05. The molecule has 1 aliphatic heterocycles. The van der Waals surface area contributed by atoms with Gasteiger partial charge in [0.25, 0.3) is 5.91 Å². The Morgan fingerprint density at radius 2 is 1.52 bits per heavy atom. The van der Waals surface area contributed by atoms with Crippen LogP contribution in [-0.4, -0.2) is 11.4 Å². The number of amides is 1. The molecule has 3 nitrogen and oxygen atoms in total. The van der Waals surface area contributed by atoms with Crippen molar-refractivity contribution in [3.63, 3.8) is 0 Å². The normalized spacial score (nSPS) is 17.2. The first-order valence-corrected chi connectivity index (χ1v) is 11.3. The van der Waals surface area contributed by atoms with Crippen LogP contribution in [-0.2, 0) is 11.2 Å². The maximum Gasteiger partial charge on any atom is 0.263 e. The molecular formula is C26H36N2O. The number of unbranched alkanes of at least 4 members (excludes halogenated alkanes) is 7. The van der Waals surface area contributed by atoms with Gasteiger partial charge in [0.2, 0.25) is 0 Å². The average Bonchev–Trinajstić information content (AvgIpc) is 2.98. The second kappa shape index (κ2) is 10.1. The van der Waals surface area contributed by atoms with Crippen LogP contribution in [0.5, 0.6) is 0 Å². The molecule has 0 unspecified atom stereocenters. The number of carbonyl (C=O) groups is 1. The van der Waals surface area contributed by atoms with Crippen LogP contribution in [0.1, 0.15) is 83.3 Å². The molecule has 1 heterocycles. The molecule has 1 aliphatic rings. The Balaban J connectivity index is 1.69. The summed E-state index contributed by atoms with van der Waals surface area (Å²) >= 11 is 0. The van der Waals surface area contributed by atoms with Crippen LogP contribution in [0, 0.1) is 0 Å². The molecule has 2 N–H and O–H groups in total. The smallest absolute Gasteiger partial charge is 0.263 e. The van der Waals surface area contributed by atoms with E-state index in [1.807, 2.05) is 19.9 Å². The van der Waals surface area contributed by atoms with Gasteiger partial charge in [0.15, 0.2) is 0 Å². The molecule has 1 saturated heterocycles. The van der Waals surface area contributed by atoms with Crippen molar-refractivity contribution in [3.05, 3.63) is 53.1 Å². The number of rotatable bonds is 10. The van der Waals surface area contributed by atoms with Crippen molar-refractivity contribution < 1.29 is 4.79 Å². The quantitative estimate of drug-likeness (QED) is 0.367. The number of benzene rings is 2. The lowest BCUT2D eigenvalue weighted by molar-refractivity contribution is -0.116. The third-order valence-electron chi connectivity index (χ3n) is 6.05. The number of aryl methyl sites for hydroxylation is 1. The van der Waals surface area contributed by atoms with Crippen LogP contribution < -0.4 is 10.9 Å². The van der Waals surface area contributed by atoms with E-state index < -0.39 is 0 Å². The summed E-state index contributed by atoms with van der Waals surface area (Å²) in [5, 5.41) is 2.54. The van der Waals surface area contributed by atoms with Crippen LogP contribution in [0.4, 0.5) is 0 Å². The van der Waals surface area contributed by atoms with Crippen LogP contribution >= 0.6 is 0 Å². The van der Waals surface area contributed by atoms with Crippen LogP contribution in [0.3, 0.4) is 0 Å². The summed E-state index contributed by atoms with van der Waals surface area (Å²) in [4.78, 5) is 12.2. The zero-order valence-electron chi connectivity index (χ0n) is 18.3. The fourth-order valence-electron chi connectivity index (χ4n) is 4.21. The topological polar surface area (TPSA) is 41.1 Å². The SMILES string of the molecule is CCCCCCCCCCc1ccc(/C=C2\C(=O)NNC2(C)C)c2ccccc12. The summed E-state index contributed by atoms with van der Waals surface area (Å²) < 4.78 is 0. The third kappa shape index (κ3) is 5.48. The molecule has 0 aliphatic carbocycles. The lowest BCUT2D eigenvalue weighted by atomic mass is 9.91. The minimum Gasteiger partial charge on any atom is -0.287 e. The molecule has 29 heavy (non-hydrogen) atoms. The predicted octanol–water partition coefficient (Wildman–Crippen LogP) is 6.32. The number of hydrogen-bond acceptors (Lipinski definition) is 2. The summed E-state index contributed by atoms with van der Waals surface area (Å²) in [6.45, 7) is 6.32. The largest absolute Gasteiger partial charge is 0.287 e. The zero-order chi connectivity index (χ0) is 20.7. The van der Waals surface area contributed by atoms with E-state index in [4.69, 9.17) is 0 Å². The van der Waals surface area contributed by atoms with Crippen molar-refractivity contribution in [1.82, 2.24) is 10.9 Å². The molecule has 1 fully saturated rings. The van der Waals surface area contributed by atoms with E-state index in [2.05, 4.69) is 54.2 Å². The van der Waals surface area contributed by atoms with Gasteiger partial charge in [-0.3, -0.25) is 10.2 Å². The maximum absolute atomic E-state index is 12.2. The van der Waals surface area contributed by atoms with Crippen molar-refractivity contribution in [2.45, 2.75) is 84.1 Å². The first-order valence-electron chi connectivity index (χ1n) is 11.3. The molecule has 156 valence electrons. The van der Waals surface area contributed by atoms with Crippen molar-refractivity contribution in [3.8, 4) is 0 Å². The molecule has 0 spiro atoms. The van der Waals surface area contributed by atoms with E-state index in [1.165, 1.54) is 67.7 Å². The fourth-order valence-corrected chi connectivity index (χ4v) is 4.21. The van der Waals surface area contributed by atoms with Crippen LogP contribution in [0.15, 0.2) is 42.0 Å². The van der Waals surface area contributed by atoms with Gasteiger partial charge in [-0.25, -0.2) is 5.43 Å². The van der Waals surface area contributed by atoms with Gasteiger partial charge in [-0.05, 0) is 54.7 Å². The number of nitrogens with one attached hydrogen (secondary N) is 2. The molecule has 2 aromatic carbocycles. The molecule has 2 aromatic rings. The van der Waals surface area contributed by atoms with Gasteiger partial charge in [0, 0.05) is 5.57 Å². The first-order chi connectivity index (χ1) is 14.0. The second-order valence-electron chi connectivity index (χ2n) is 8.85. The Kier molecular flexibility index (Phi) is 7.49. The van der Waals surface area contributed by atoms with Crippen molar-refractivity contribution in [2.75, 3.05) is 0 Å². The number of hydrogen-bond donors (Lipinski definition) is 2. The van der Waals surface area contributed by atoms with E-state index in [1.54, 1.807) is 0 Å². The molecular weight excluding hydrogens is 356 g/mol. The second-order valence-corrected chi connectivity index (χ2v) is 8.85. The number of hydrazine groups is 1. The van der Waals surface area contributed by atoms with Gasteiger partial charge < -0.3 is 0 Å². The van der Waals surface area contributed by atoms with Crippen molar-refractivity contribution >= 4 is 22.8 Å². The van der Waals surface area contributed by atoms with Crippen molar-refractivity contribution in [2.24, 2.45) is 0 Å². The van der Waals surface area contributed by atoms with Crippen LogP contribution in [0.2, 0.25) is 0 Å². The monoisotopic (exact) mass is 392 g/mol. The highest BCUT2D eigenvalue weighted by atomic mass is 16.2. The summed E-state index contributed by atoms with van der Waals surface area (Å²) in [6, 6.07) is 13.0. The molecule has 0 saturated carbocycles. The molecule has 0 bridgehead atoms. The van der Waals surface area contributed by atoms with Gasteiger partial charge in [0.05, 0.1) is 5.54 Å². The Labute approximate surface area is 175 Å². The van der Waals surface area contributed by atoms with Gasteiger partial charge in [-0.1, -0.05) is 88.3 Å². The Morgan fingerprint density at radius 3 is 2.17 bits per heavy atom. The summed E-state index contributed by atoms with van der Waals surface area (Å²) in [7, 11) is 0. The van der Waals surface area contributed by atoms with Crippen molar-refractivity contribution in [1.29, 1.82) is 0 Å². The van der Waals surface area contributed by atoms with E-state index in [9.17, 15) is 4.79 Å². The summed E-state index contributed by atoms with van der Waals surface area (Å²) in [5.41, 5.74) is 8.74. The number of fused-ring (bicyclic) bond motifs is 1. The minimum absolute atomic E-state index is 0.0397. The Bertz CT molecular complexity index is 866. The van der Waals surface area contributed by atoms with E-state index in [0.29, 0.717) is 0 Å². The molecule has 0 radical (unpaired) electrons. The predicted molar refractivity (Wildman–Crippen MR) is 124 cm³/mol. The highest BCUT2D eigenvalue weighted by molar-refractivity contribution is 6.04. The number of carbonyl (C=O) groups excluding carboxylic acids is 1. The molecule has 3 heteroatoms. The van der Waals surface area contributed by atoms with Crippen LogP contribution in [0.25, 0.3) is 16.8 Å². The van der Waals surface area contributed by atoms with Gasteiger partial charge >= 0.3 is 0 Å². The summed E-state index contributed by atoms with van der Waals surface area (Å²) in [6.07, 6.45) is 13.9. The molecule has 1 amide bonds. The summed E-state index contributed by atoms with van der Waals surface area (Å²) in [5.74, 6) is -0.0397. The van der Waals surface area contributed by atoms with Gasteiger partial charge in [-0.15, -0.1) is 0 Å². The van der Waals surface area contributed by atoms with E-state index in [-0.39, 0.29) is 11.4 Å². The lowest BCUT2D eigenvalue weighted by Crippen LogP contribution is -2.38. The molecule has 0 aromatic heterocycles. The fraction of sp³-hybridized carbons (Fsp3) is 0.500. The molecule has 3 rings (SSSR count). The standard InChI is InChI=1S/C26H36N2O/c1-4-5-6-7-8-9-10-11-14-20-17-18-21(23-16-13-12-15-22(20)23)19-24-25(29)27-28-26(24,2)3/h12-13,15-19,28H,4-11,14H2,1-3H3,(H,27,29)/b24-19+. The zero-order valence-corrected chi connectivity index (χ0v) is 18.3. The highest BCUT2D eigenvalue weighted by Gasteiger charge is 2.35.